The highest BCUT2D eigenvalue weighted by molar-refractivity contribution is 5.82. The number of hydrogen-bond donors (Lipinski definition) is 3. The lowest BCUT2D eigenvalue weighted by molar-refractivity contribution is -0.141. The van der Waals surface area contributed by atoms with Crippen molar-refractivity contribution < 1.29 is 14.7 Å². The highest BCUT2D eigenvalue weighted by atomic mass is 16.4. The van der Waals surface area contributed by atoms with E-state index in [1.54, 1.807) is 6.92 Å². The standard InChI is InChI=1S/C10H16N2O3/c1-3-4-5-6-11-7-9(10(14)15)12-8(2)13/h9,11H,5-7H2,1-2H3,(H,12,13)(H,14,15). The fourth-order valence-electron chi connectivity index (χ4n) is 0.968. The second kappa shape index (κ2) is 7.83. The van der Waals surface area contributed by atoms with Crippen molar-refractivity contribution in [2.24, 2.45) is 0 Å². The van der Waals surface area contributed by atoms with Crippen molar-refractivity contribution in [3.8, 4) is 11.8 Å². The molecule has 5 heteroatoms. The lowest BCUT2D eigenvalue weighted by atomic mass is 10.3. The Morgan fingerprint density at radius 3 is 2.60 bits per heavy atom. The third-order valence-corrected chi connectivity index (χ3v) is 1.63. The number of carbonyl (C=O) groups is 2. The summed E-state index contributed by atoms with van der Waals surface area (Å²) in [4.78, 5) is 21.3. The van der Waals surface area contributed by atoms with Crippen LogP contribution in [-0.4, -0.2) is 36.1 Å². The minimum Gasteiger partial charge on any atom is -0.480 e. The van der Waals surface area contributed by atoms with Crippen LogP contribution in [0.2, 0.25) is 0 Å². The van der Waals surface area contributed by atoms with Crippen LogP contribution in [0.4, 0.5) is 0 Å². The van der Waals surface area contributed by atoms with Crippen LogP contribution in [-0.2, 0) is 9.59 Å². The zero-order valence-electron chi connectivity index (χ0n) is 8.96. The molecule has 0 heterocycles. The Hall–Kier alpha value is -1.54. The molecule has 3 N–H and O–H groups in total. The molecule has 0 rings (SSSR count). The lowest BCUT2D eigenvalue weighted by Crippen LogP contribution is -2.46. The van der Waals surface area contributed by atoms with Crippen LogP contribution in [0.1, 0.15) is 20.3 Å². The first kappa shape index (κ1) is 13.5. The first-order valence-corrected chi connectivity index (χ1v) is 4.68. The zero-order valence-corrected chi connectivity index (χ0v) is 8.96. The SMILES string of the molecule is CC#CCCNCC(NC(C)=O)C(=O)O. The van der Waals surface area contributed by atoms with Gasteiger partial charge in [-0.05, 0) is 6.92 Å². The van der Waals surface area contributed by atoms with Crippen LogP contribution < -0.4 is 10.6 Å². The van der Waals surface area contributed by atoms with Gasteiger partial charge < -0.3 is 15.7 Å². The number of nitrogens with one attached hydrogen (secondary N) is 2. The smallest absolute Gasteiger partial charge is 0.327 e. The quantitative estimate of drug-likeness (QED) is 0.413. The number of carbonyl (C=O) groups excluding carboxylic acids is 1. The summed E-state index contributed by atoms with van der Waals surface area (Å²) in [6, 6.07) is -0.878. The maximum atomic E-state index is 10.7. The molecule has 1 unspecified atom stereocenters. The Morgan fingerprint density at radius 1 is 1.47 bits per heavy atom. The summed E-state index contributed by atoms with van der Waals surface area (Å²) in [5.74, 6) is 4.19. The van der Waals surface area contributed by atoms with Gasteiger partial charge in [0.1, 0.15) is 6.04 Å². The van der Waals surface area contributed by atoms with E-state index in [9.17, 15) is 9.59 Å². The summed E-state index contributed by atoms with van der Waals surface area (Å²) in [5.41, 5.74) is 0. The van der Waals surface area contributed by atoms with Crippen molar-refractivity contribution >= 4 is 11.9 Å². The van der Waals surface area contributed by atoms with E-state index in [-0.39, 0.29) is 12.5 Å². The normalized spacial score (nSPS) is 11.1. The predicted molar refractivity (Wildman–Crippen MR) is 56.2 cm³/mol. The fraction of sp³-hybridized carbons (Fsp3) is 0.600. The molecule has 0 saturated carbocycles. The van der Waals surface area contributed by atoms with Gasteiger partial charge in [0.15, 0.2) is 0 Å². The monoisotopic (exact) mass is 212 g/mol. The van der Waals surface area contributed by atoms with Crippen LogP contribution in [0.25, 0.3) is 0 Å². The number of carboxylic acid groups (broad SMARTS) is 1. The van der Waals surface area contributed by atoms with Gasteiger partial charge in [-0.2, -0.15) is 0 Å². The van der Waals surface area contributed by atoms with Gasteiger partial charge in [-0.25, -0.2) is 4.79 Å². The number of carboxylic acids is 1. The van der Waals surface area contributed by atoms with Crippen LogP contribution in [0.5, 0.6) is 0 Å². The molecular formula is C10H16N2O3. The summed E-state index contributed by atoms with van der Waals surface area (Å²) < 4.78 is 0. The third-order valence-electron chi connectivity index (χ3n) is 1.63. The molecule has 0 aromatic rings. The molecule has 0 bridgehead atoms. The van der Waals surface area contributed by atoms with Gasteiger partial charge in [0.25, 0.3) is 0 Å². The molecule has 84 valence electrons. The molecule has 0 aliphatic heterocycles. The van der Waals surface area contributed by atoms with E-state index in [1.165, 1.54) is 6.92 Å². The number of hydrogen-bond acceptors (Lipinski definition) is 3. The summed E-state index contributed by atoms with van der Waals surface area (Å²) in [7, 11) is 0. The van der Waals surface area contributed by atoms with Gasteiger partial charge >= 0.3 is 5.97 Å². The van der Waals surface area contributed by atoms with Gasteiger partial charge in [0, 0.05) is 26.4 Å². The van der Waals surface area contributed by atoms with E-state index in [1.807, 2.05) is 0 Å². The zero-order chi connectivity index (χ0) is 11.7. The van der Waals surface area contributed by atoms with Crippen molar-refractivity contribution in [2.45, 2.75) is 26.3 Å². The third kappa shape index (κ3) is 7.52. The molecule has 0 aromatic carbocycles. The summed E-state index contributed by atoms with van der Waals surface area (Å²) in [6.45, 7) is 3.86. The van der Waals surface area contributed by atoms with Gasteiger partial charge in [0.05, 0.1) is 0 Å². The largest absolute Gasteiger partial charge is 0.480 e. The van der Waals surface area contributed by atoms with Crippen molar-refractivity contribution in [1.82, 2.24) is 10.6 Å². The molecule has 0 aromatic heterocycles. The van der Waals surface area contributed by atoms with Gasteiger partial charge in [0.2, 0.25) is 5.91 Å². The van der Waals surface area contributed by atoms with Crippen LogP contribution in [0.15, 0.2) is 0 Å². The van der Waals surface area contributed by atoms with E-state index < -0.39 is 12.0 Å². The number of aliphatic carboxylic acids is 1. The molecule has 0 spiro atoms. The first-order valence-electron chi connectivity index (χ1n) is 4.68. The predicted octanol–water partition coefficient (Wildman–Crippen LogP) is -0.421. The van der Waals surface area contributed by atoms with Gasteiger partial charge in [-0.3, -0.25) is 4.79 Å². The molecule has 15 heavy (non-hydrogen) atoms. The Morgan fingerprint density at radius 2 is 2.13 bits per heavy atom. The number of amides is 1. The maximum Gasteiger partial charge on any atom is 0.327 e. The topological polar surface area (TPSA) is 78.4 Å². The number of rotatable bonds is 6. The molecule has 0 aliphatic carbocycles. The maximum absolute atomic E-state index is 10.7. The fourth-order valence-corrected chi connectivity index (χ4v) is 0.968. The van der Waals surface area contributed by atoms with Crippen molar-refractivity contribution in [2.75, 3.05) is 13.1 Å². The van der Waals surface area contributed by atoms with Gasteiger partial charge in [-0.1, -0.05) is 0 Å². The van der Waals surface area contributed by atoms with E-state index in [0.717, 1.165) is 0 Å². The molecule has 0 radical (unpaired) electrons. The minimum absolute atomic E-state index is 0.209. The molecular weight excluding hydrogens is 196 g/mol. The molecule has 0 aliphatic rings. The molecule has 0 fully saturated rings. The lowest BCUT2D eigenvalue weighted by Gasteiger charge is -2.13. The van der Waals surface area contributed by atoms with Crippen LogP contribution in [0.3, 0.4) is 0 Å². The Kier molecular flexibility index (Phi) is 7.02. The minimum atomic E-state index is -1.04. The summed E-state index contributed by atoms with van der Waals surface area (Å²) in [5, 5.41) is 14.0. The van der Waals surface area contributed by atoms with Crippen molar-refractivity contribution in [1.29, 1.82) is 0 Å². The van der Waals surface area contributed by atoms with E-state index in [0.29, 0.717) is 13.0 Å². The second-order valence-electron chi connectivity index (χ2n) is 2.97. The van der Waals surface area contributed by atoms with E-state index in [2.05, 4.69) is 22.5 Å². The highest BCUT2D eigenvalue weighted by Crippen LogP contribution is 1.83. The van der Waals surface area contributed by atoms with E-state index in [4.69, 9.17) is 5.11 Å². The Bertz CT molecular complexity index is 278. The average molecular weight is 212 g/mol. The molecule has 5 nitrogen and oxygen atoms in total. The molecule has 1 atom stereocenters. The first-order chi connectivity index (χ1) is 7.07. The average Bonchev–Trinajstić information content (AvgIpc) is 2.15. The summed E-state index contributed by atoms with van der Waals surface area (Å²) >= 11 is 0. The highest BCUT2D eigenvalue weighted by Gasteiger charge is 2.16. The second-order valence-corrected chi connectivity index (χ2v) is 2.97. The van der Waals surface area contributed by atoms with Crippen molar-refractivity contribution in [3.63, 3.8) is 0 Å². The molecule has 0 saturated heterocycles. The Labute approximate surface area is 89.2 Å². The van der Waals surface area contributed by atoms with Crippen molar-refractivity contribution in [3.05, 3.63) is 0 Å². The Balaban J connectivity index is 3.79. The summed E-state index contributed by atoms with van der Waals surface area (Å²) in [6.07, 6.45) is 0.670. The molecule has 1 amide bonds. The van der Waals surface area contributed by atoms with E-state index >= 15 is 0 Å². The van der Waals surface area contributed by atoms with Crippen LogP contribution in [0, 0.1) is 11.8 Å². The van der Waals surface area contributed by atoms with Gasteiger partial charge in [-0.15, -0.1) is 11.8 Å². The van der Waals surface area contributed by atoms with Crippen LogP contribution >= 0.6 is 0 Å².